The third-order valence-electron chi connectivity index (χ3n) is 7.26. The van der Waals surface area contributed by atoms with E-state index in [1.54, 1.807) is 14.2 Å². The summed E-state index contributed by atoms with van der Waals surface area (Å²) in [7, 11) is 3.29. The van der Waals surface area contributed by atoms with Gasteiger partial charge in [-0.3, -0.25) is 4.79 Å². The molecule has 1 N–H and O–H groups in total. The van der Waals surface area contributed by atoms with Crippen molar-refractivity contribution in [3.8, 4) is 28.4 Å². The Morgan fingerprint density at radius 2 is 1.76 bits per heavy atom. The summed E-state index contributed by atoms with van der Waals surface area (Å²) in [6, 6.07) is 26.6. The molecule has 1 aliphatic carbocycles. The van der Waals surface area contributed by atoms with Gasteiger partial charge in [0.1, 0.15) is 11.5 Å². The lowest BCUT2D eigenvalue weighted by Gasteiger charge is -2.21. The molecule has 0 bridgehead atoms. The van der Waals surface area contributed by atoms with E-state index in [1.165, 1.54) is 28.9 Å². The number of nitrogens with one attached hydrogen (secondary N) is 1. The number of benzene rings is 3. The van der Waals surface area contributed by atoms with Gasteiger partial charge in [0.05, 0.1) is 19.9 Å². The molecule has 190 valence electrons. The molecule has 1 aliphatic rings. The molecule has 1 heterocycles. The zero-order valence-electron chi connectivity index (χ0n) is 21.8. The SMILES string of the molecule is COc1ccc(OC)c(CCNC(=O)c2ccc(-n3c(-c4ccccc4)cc4c3CCC(C)C4)cc2)c1. The summed E-state index contributed by atoms with van der Waals surface area (Å²) in [6.45, 7) is 2.84. The molecule has 0 saturated carbocycles. The van der Waals surface area contributed by atoms with Gasteiger partial charge in [-0.15, -0.1) is 0 Å². The van der Waals surface area contributed by atoms with Crippen LogP contribution in [-0.2, 0) is 19.3 Å². The Hall–Kier alpha value is -3.99. The van der Waals surface area contributed by atoms with E-state index in [0.717, 1.165) is 35.6 Å². The van der Waals surface area contributed by atoms with Crippen molar-refractivity contribution in [2.24, 2.45) is 5.92 Å². The maximum absolute atomic E-state index is 12.9. The van der Waals surface area contributed by atoms with Crippen molar-refractivity contribution in [3.05, 3.63) is 101 Å². The lowest BCUT2D eigenvalue weighted by atomic mass is 9.89. The molecule has 1 amide bonds. The van der Waals surface area contributed by atoms with Crippen molar-refractivity contribution in [1.82, 2.24) is 9.88 Å². The number of amides is 1. The van der Waals surface area contributed by atoms with Gasteiger partial charge in [0.2, 0.25) is 0 Å². The summed E-state index contributed by atoms with van der Waals surface area (Å²) in [5.74, 6) is 2.18. The van der Waals surface area contributed by atoms with Crippen LogP contribution in [0.15, 0.2) is 78.9 Å². The van der Waals surface area contributed by atoms with Crippen molar-refractivity contribution < 1.29 is 14.3 Å². The van der Waals surface area contributed by atoms with Crippen LogP contribution in [0, 0.1) is 5.92 Å². The predicted octanol–water partition coefficient (Wildman–Crippen LogP) is 6.26. The van der Waals surface area contributed by atoms with Crippen molar-refractivity contribution in [1.29, 1.82) is 0 Å². The number of hydrogen-bond donors (Lipinski definition) is 1. The Balaban J connectivity index is 1.34. The summed E-state index contributed by atoms with van der Waals surface area (Å²) in [4.78, 5) is 12.9. The van der Waals surface area contributed by atoms with E-state index in [-0.39, 0.29) is 5.91 Å². The Bertz CT molecular complexity index is 1370. The van der Waals surface area contributed by atoms with Gasteiger partial charge in [0, 0.05) is 23.5 Å². The van der Waals surface area contributed by atoms with Crippen LogP contribution in [0.2, 0.25) is 0 Å². The quantitative estimate of drug-likeness (QED) is 0.315. The molecule has 1 unspecified atom stereocenters. The Kier molecular flexibility index (Phi) is 7.31. The molecule has 1 aromatic heterocycles. The van der Waals surface area contributed by atoms with Crippen molar-refractivity contribution in [2.45, 2.75) is 32.6 Å². The highest BCUT2D eigenvalue weighted by atomic mass is 16.5. The highest BCUT2D eigenvalue weighted by Crippen LogP contribution is 2.35. The summed E-state index contributed by atoms with van der Waals surface area (Å²) in [5, 5.41) is 3.04. The number of aromatic nitrogens is 1. The fourth-order valence-corrected chi connectivity index (χ4v) is 5.28. The van der Waals surface area contributed by atoms with E-state index in [9.17, 15) is 4.79 Å². The predicted molar refractivity (Wildman–Crippen MR) is 148 cm³/mol. The molecule has 1 atom stereocenters. The van der Waals surface area contributed by atoms with Gasteiger partial charge in [-0.25, -0.2) is 0 Å². The molecule has 3 aromatic carbocycles. The van der Waals surface area contributed by atoms with Gasteiger partial charge in [0.15, 0.2) is 0 Å². The molecule has 4 aromatic rings. The van der Waals surface area contributed by atoms with Gasteiger partial charge in [-0.1, -0.05) is 37.3 Å². The number of carbonyl (C=O) groups excluding carboxylic acids is 1. The molecular formula is C32H34N2O3. The first-order valence-corrected chi connectivity index (χ1v) is 13.0. The second-order valence-corrected chi connectivity index (χ2v) is 9.78. The monoisotopic (exact) mass is 494 g/mol. The third-order valence-corrected chi connectivity index (χ3v) is 7.26. The van der Waals surface area contributed by atoms with E-state index in [4.69, 9.17) is 9.47 Å². The van der Waals surface area contributed by atoms with Crippen LogP contribution < -0.4 is 14.8 Å². The normalized spacial score (nSPS) is 14.6. The van der Waals surface area contributed by atoms with Gasteiger partial charge >= 0.3 is 0 Å². The summed E-state index contributed by atoms with van der Waals surface area (Å²) in [5.41, 5.74) is 7.99. The zero-order valence-corrected chi connectivity index (χ0v) is 21.8. The molecule has 0 spiro atoms. The van der Waals surface area contributed by atoms with E-state index < -0.39 is 0 Å². The Morgan fingerprint density at radius 1 is 0.973 bits per heavy atom. The second kappa shape index (κ2) is 11.0. The largest absolute Gasteiger partial charge is 0.497 e. The van der Waals surface area contributed by atoms with E-state index >= 15 is 0 Å². The number of nitrogens with zero attached hydrogens (tertiary/aromatic N) is 1. The number of methoxy groups -OCH3 is 2. The van der Waals surface area contributed by atoms with Crippen molar-refractivity contribution in [2.75, 3.05) is 20.8 Å². The molecule has 0 fully saturated rings. The Labute approximate surface area is 219 Å². The third kappa shape index (κ3) is 5.26. The summed E-state index contributed by atoms with van der Waals surface area (Å²) < 4.78 is 13.2. The minimum atomic E-state index is -0.0833. The average Bonchev–Trinajstić information content (AvgIpc) is 3.32. The highest BCUT2D eigenvalue weighted by molar-refractivity contribution is 5.94. The molecule has 0 saturated heterocycles. The lowest BCUT2D eigenvalue weighted by Crippen LogP contribution is -2.25. The number of fused-ring (bicyclic) bond motifs is 1. The molecule has 5 rings (SSSR count). The fraction of sp³-hybridized carbons (Fsp3) is 0.281. The van der Waals surface area contributed by atoms with Gasteiger partial charge in [0.25, 0.3) is 5.91 Å². The molecular weight excluding hydrogens is 460 g/mol. The van der Waals surface area contributed by atoms with Crippen molar-refractivity contribution in [3.63, 3.8) is 0 Å². The standard InChI is InChI=1S/C32H34N2O3/c1-22-9-15-29-26(19-22)21-30(23-7-5-4-6-8-23)34(29)27-12-10-24(11-13-27)32(35)33-18-17-25-20-28(36-2)14-16-31(25)37-3/h4-8,10-14,16,20-22H,9,15,17-19H2,1-3H3,(H,33,35). The van der Waals surface area contributed by atoms with E-state index in [0.29, 0.717) is 24.4 Å². The maximum atomic E-state index is 12.9. The lowest BCUT2D eigenvalue weighted by molar-refractivity contribution is 0.0954. The fourth-order valence-electron chi connectivity index (χ4n) is 5.28. The second-order valence-electron chi connectivity index (χ2n) is 9.78. The van der Waals surface area contributed by atoms with E-state index in [2.05, 4.69) is 65.3 Å². The van der Waals surface area contributed by atoms with Crippen LogP contribution in [0.25, 0.3) is 16.9 Å². The number of ether oxygens (including phenoxy) is 2. The summed E-state index contributed by atoms with van der Waals surface area (Å²) in [6.07, 6.45) is 4.03. The first kappa shape index (κ1) is 24.7. The van der Waals surface area contributed by atoms with Crippen LogP contribution in [0.5, 0.6) is 11.5 Å². The number of carbonyl (C=O) groups is 1. The van der Waals surface area contributed by atoms with Gasteiger partial charge in [-0.05, 0) is 96.8 Å². The number of hydrogen-bond acceptors (Lipinski definition) is 3. The van der Waals surface area contributed by atoms with Crippen LogP contribution in [0.1, 0.15) is 40.5 Å². The zero-order chi connectivity index (χ0) is 25.8. The minimum Gasteiger partial charge on any atom is -0.497 e. The maximum Gasteiger partial charge on any atom is 0.251 e. The number of rotatable bonds is 8. The van der Waals surface area contributed by atoms with E-state index in [1.807, 2.05) is 30.3 Å². The van der Waals surface area contributed by atoms with Crippen LogP contribution >= 0.6 is 0 Å². The highest BCUT2D eigenvalue weighted by Gasteiger charge is 2.23. The molecule has 37 heavy (non-hydrogen) atoms. The smallest absolute Gasteiger partial charge is 0.251 e. The molecule has 0 aliphatic heterocycles. The molecule has 0 radical (unpaired) electrons. The van der Waals surface area contributed by atoms with Gasteiger partial charge < -0.3 is 19.4 Å². The van der Waals surface area contributed by atoms with Crippen LogP contribution in [0.3, 0.4) is 0 Å². The van der Waals surface area contributed by atoms with Crippen LogP contribution in [-0.4, -0.2) is 31.2 Å². The average molecular weight is 495 g/mol. The minimum absolute atomic E-state index is 0.0833. The van der Waals surface area contributed by atoms with Crippen LogP contribution in [0.4, 0.5) is 0 Å². The molecule has 5 heteroatoms. The van der Waals surface area contributed by atoms with Crippen molar-refractivity contribution >= 4 is 5.91 Å². The molecule has 5 nitrogen and oxygen atoms in total. The summed E-state index contributed by atoms with van der Waals surface area (Å²) >= 11 is 0. The first-order valence-electron chi connectivity index (χ1n) is 13.0. The first-order chi connectivity index (χ1) is 18.1. The topological polar surface area (TPSA) is 52.5 Å². The van der Waals surface area contributed by atoms with Gasteiger partial charge in [-0.2, -0.15) is 0 Å². The Morgan fingerprint density at radius 3 is 2.49 bits per heavy atom.